The number of rotatable bonds is 8. The van der Waals surface area contributed by atoms with E-state index in [9.17, 15) is 14.0 Å². The molecule has 0 spiro atoms. The van der Waals surface area contributed by atoms with Gasteiger partial charge in [-0.2, -0.15) is 5.10 Å². The fraction of sp³-hybridized carbons (Fsp3) is 0.261. The molecule has 0 fully saturated rings. The molecule has 156 valence electrons. The molecule has 1 aromatic heterocycles. The van der Waals surface area contributed by atoms with Crippen molar-refractivity contribution in [2.75, 3.05) is 20.1 Å². The second kappa shape index (κ2) is 9.93. The van der Waals surface area contributed by atoms with E-state index in [0.29, 0.717) is 12.2 Å². The molecule has 1 amide bonds. The Hall–Kier alpha value is -3.32. The molecule has 0 saturated heterocycles. The lowest BCUT2D eigenvalue weighted by Gasteiger charge is -2.16. The lowest BCUT2D eigenvalue weighted by atomic mass is 10.2. The van der Waals surface area contributed by atoms with Crippen molar-refractivity contribution in [2.45, 2.75) is 19.9 Å². The number of halogens is 1. The summed E-state index contributed by atoms with van der Waals surface area (Å²) in [5.74, 6) is -1.04. The Morgan fingerprint density at radius 1 is 1.13 bits per heavy atom. The summed E-state index contributed by atoms with van der Waals surface area (Å²) in [6.07, 6.45) is 0.725. The molecule has 0 radical (unpaired) electrons. The molecule has 0 aliphatic heterocycles. The Morgan fingerprint density at radius 3 is 2.57 bits per heavy atom. The zero-order chi connectivity index (χ0) is 21.5. The lowest BCUT2D eigenvalue weighted by molar-refractivity contribution is 0.0944. The Balaban J connectivity index is 1.60. The molecule has 0 aliphatic rings. The number of amides is 1. The van der Waals surface area contributed by atoms with Crippen LogP contribution in [-0.2, 0) is 6.54 Å². The molecule has 0 saturated carbocycles. The van der Waals surface area contributed by atoms with Crippen molar-refractivity contribution in [1.82, 2.24) is 20.0 Å². The van der Waals surface area contributed by atoms with Crippen LogP contribution in [0.15, 0.2) is 65.5 Å². The van der Waals surface area contributed by atoms with Crippen molar-refractivity contribution >= 4 is 5.91 Å². The van der Waals surface area contributed by atoms with Crippen molar-refractivity contribution in [3.05, 3.63) is 93.7 Å². The summed E-state index contributed by atoms with van der Waals surface area (Å²) in [6, 6.07) is 17.5. The van der Waals surface area contributed by atoms with E-state index in [1.165, 1.54) is 22.4 Å². The summed E-state index contributed by atoms with van der Waals surface area (Å²) in [4.78, 5) is 26.9. The van der Waals surface area contributed by atoms with Crippen LogP contribution in [0.5, 0.6) is 0 Å². The van der Waals surface area contributed by atoms with Crippen LogP contribution in [0.2, 0.25) is 0 Å². The fourth-order valence-electron chi connectivity index (χ4n) is 3.18. The predicted molar refractivity (Wildman–Crippen MR) is 114 cm³/mol. The molecule has 30 heavy (non-hydrogen) atoms. The number of carbonyl (C=O) groups is 1. The normalized spacial score (nSPS) is 10.9. The van der Waals surface area contributed by atoms with E-state index in [1.807, 2.05) is 25.2 Å². The lowest BCUT2D eigenvalue weighted by Crippen LogP contribution is -2.33. The van der Waals surface area contributed by atoms with Crippen LogP contribution in [0.4, 0.5) is 4.39 Å². The molecule has 0 aliphatic carbocycles. The number of hydrogen-bond acceptors (Lipinski definition) is 4. The SMILES string of the molecule is Cc1cc(=O)c(C(=O)NCCCN(C)Cc2ccccc2)nn1-c1ccccc1F. The van der Waals surface area contributed by atoms with Crippen LogP contribution in [-0.4, -0.2) is 40.7 Å². The second-order valence-electron chi connectivity index (χ2n) is 7.19. The number of benzene rings is 2. The summed E-state index contributed by atoms with van der Waals surface area (Å²) in [5.41, 5.74) is 1.12. The van der Waals surface area contributed by atoms with Gasteiger partial charge in [0.05, 0.1) is 0 Å². The van der Waals surface area contributed by atoms with Crippen LogP contribution in [0.1, 0.15) is 28.2 Å². The smallest absolute Gasteiger partial charge is 0.275 e. The molecule has 3 aromatic rings. The Labute approximate surface area is 175 Å². The molecule has 0 atom stereocenters. The Bertz CT molecular complexity index is 1070. The van der Waals surface area contributed by atoms with E-state index < -0.39 is 17.2 Å². The highest BCUT2D eigenvalue weighted by molar-refractivity contribution is 5.92. The number of hydrogen-bond donors (Lipinski definition) is 1. The maximum Gasteiger partial charge on any atom is 0.275 e. The van der Waals surface area contributed by atoms with Gasteiger partial charge in [-0.3, -0.25) is 9.59 Å². The summed E-state index contributed by atoms with van der Waals surface area (Å²) in [6.45, 7) is 3.66. The second-order valence-corrected chi connectivity index (χ2v) is 7.19. The maximum atomic E-state index is 14.1. The first-order valence-electron chi connectivity index (χ1n) is 9.82. The van der Waals surface area contributed by atoms with Crippen molar-refractivity contribution in [2.24, 2.45) is 0 Å². The summed E-state index contributed by atoms with van der Waals surface area (Å²) < 4.78 is 15.4. The van der Waals surface area contributed by atoms with Gasteiger partial charge in [0.2, 0.25) is 5.43 Å². The van der Waals surface area contributed by atoms with E-state index in [1.54, 1.807) is 25.1 Å². The van der Waals surface area contributed by atoms with Crippen LogP contribution in [0, 0.1) is 12.7 Å². The summed E-state index contributed by atoms with van der Waals surface area (Å²) in [7, 11) is 2.02. The van der Waals surface area contributed by atoms with Gasteiger partial charge >= 0.3 is 0 Å². The molecule has 7 heteroatoms. The van der Waals surface area contributed by atoms with Crippen molar-refractivity contribution < 1.29 is 9.18 Å². The third-order valence-corrected chi connectivity index (χ3v) is 4.70. The molecule has 3 rings (SSSR count). The highest BCUT2D eigenvalue weighted by atomic mass is 19.1. The molecule has 6 nitrogen and oxygen atoms in total. The van der Waals surface area contributed by atoms with Crippen LogP contribution >= 0.6 is 0 Å². The Morgan fingerprint density at radius 2 is 1.83 bits per heavy atom. The highest BCUT2D eigenvalue weighted by Crippen LogP contribution is 2.13. The number of nitrogens with zero attached hydrogens (tertiary/aromatic N) is 3. The first-order chi connectivity index (χ1) is 14.5. The van der Waals surface area contributed by atoms with Crippen molar-refractivity contribution in [1.29, 1.82) is 0 Å². The first-order valence-corrected chi connectivity index (χ1v) is 9.82. The van der Waals surface area contributed by atoms with Gasteiger partial charge in [0.15, 0.2) is 5.69 Å². The van der Waals surface area contributed by atoms with Gasteiger partial charge < -0.3 is 10.2 Å². The zero-order valence-corrected chi connectivity index (χ0v) is 17.1. The summed E-state index contributed by atoms with van der Waals surface area (Å²) >= 11 is 0. The minimum atomic E-state index is -0.559. The maximum absolute atomic E-state index is 14.1. The summed E-state index contributed by atoms with van der Waals surface area (Å²) in [5, 5.41) is 6.85. The van der Waals surface area contributed by atoms with Crippen LogP contribution < -0.4 is 10.7 Å². The minimum absolute atomic E-state index is 0.187. The Kier molecular flexibility index (Phi) is 7.08. The van der Waals surface area contributed by atoms with Crippen LogP contribution in [0.3, 0.4) is 0 Å². The molecule has 1 N–H and O–H groups in total. The number of carbonyl (C=O) groups excluding carboxylic acids is 1. The third-order valence-electron chi connectivity index (χ3n) is 4.70. The quantitative estimate of drug-likeness (QED) is 0.582. The van der Waals surface area contributed by atoms with Gasteiger partial charge in [-0.15, -0.1) is 0 Å². The monoisotopic (exact) mass is 408 g/mol. The minimum Gasteiger partial charge on any atom is -0.350 e. The molecule has 0 bridgehead atoms. The third kappa shape index (κ3) is 5.39. The van der Waals surface area contributed by atoms with Crippen molar-refractivity contribution in [3.63, 3.8) is 0 Å². The number of para-hydroxylation sites is 1. The number of nitrogens with one attached hydrogen (secondary N) is 1. The molecular weight excluding hydrogens is 383 g/mol. The van der Waals surface area contributed by atoms with Crippen LogP contribution in [0.25, 0.3) is 5.69 Å². The average molecular weight is 408 g/mol. The molecule has 1 heterocycles. The topological polar surface area (TPSA) is 67.2 Å². The number of aryl methyl sites for hydroxylation is 1. The largest absolute Gasteiger partial charge is 0.350 e. The first kappa shape index (κ1) is 21.4. The van der Waals surface area contributed by atoms with E-state index >= 15 is 0 Å². The predicted octanol–water partition coefficient (Wildman–Crippen LogP) is 2.93. The zero-order valence-electron chi connectivity index (χ0n) is 17.1. The van der Waals surface area contributed by atoms with Gasteiger partial charge in [0.1, 0.15) is 11.5 Å². The molecule has 2 aromatic carbocycles. The fourth-order valence-corrected chi connectivity index (χ4v) is 3.18. The number of aromatic nitrogens is 2. The van der Waals surface area contributed by atoms with Gasteiger partial charge in [-0.25, -0.2) is 9.07 Å². The van der Waals surface area contributed by atoms with Gasteiger partial charge in [-0.1, -0.05) is 42.5 Å². The average Bonchev–Trinajstić information content (AvgIpc) is 2.73. The van der Waals surface area contributed by atoms with E-state index in [-0.39, 0.29) is 11.4 Å². The molecule has 0 unspecified atom stereocenters. The standard InChI is InChI=1S/C23H25FN4O2/c1-17-15-21(29)22(26-28(17)20-12-7-6-11-19(20)24)23(30)25-13-8-14-27(2)16-18-9-4-3-5-10-18/h3-7,9-12,15H,8,13-14,16H2,1-2H3,(H,25,30). The molecular formula is C23H25FN4O2. The van der Waals surface area contributed by atoms with Gasteiger partial charge in [0.25, 0.3) is 5.91 Å². The van der Waals surface area contributed by atoms with E-state index in [0.717, 1.165) is 19.5 Å². The van der Waals surface area contributed by atoms with E-state index in [2.05, 4.69) is 27.4 Å². The van der Waals surface area contributed by atoms with E-state index in [4.69, 9.17) is 0 Å². The highest BCUT2D eigenvalue weighted by Gasteiger charge is 2.16. The van der Waals surface area contributed by atoms with Gasteiger partial charge in [0, 0.05) is 24.8 Å². The van der Waals surface area contributed by atoms with Gasteiger partial charge in [-0.05, 0) is 44.6 Å². The van der Waals surface area contributed by atoms with Crippen molar-refractivity contribution in [3.8, 4) is 5.69 Å².